The molecule has 0 atom stereocenters. The monoisotopic (exact) mass is 304 g/mol. The van der Waals surface area contributed by atoms with Crippen molar-refractivity contribution in [1.82, 2.24) is 0 Å². The summed E-state index contributed by atoms with van der Waals surface area (Å²) in [5, 5.41) is 10.9. The van der Waals surface area contributed by atoms with Crippen molar-refractivity contribution in [2.45, 2.75) is 13.3 Å². The molecule has 1 aromatic rings. The predicted octanol–water partition coefficient (Wildman–Crippen LogP) is 1.92. The molecular weight excluding hydrogens is 288 g/mol. The van der Waals surface area contributed by atoms with Crippen LogP contribution in [0.1, 0.15) is 23.7 Å². The van der Waals surface area contributed by atoms with Crippen LogP contribution in [0, 0.1) is 10.1 Å². The maximum absolute atomic E-state index is 11.5. The van der Waals surface area contributed by atoms with E-state index in [0.717, 1.165) is 6.07 Å². The van der Waals surface area contributed by atoms with E-state index in [2.05, 4.69) is 0 Å². The largest absolute Gasteiger partial charge is 0.487 e. The fraction of sp³-hybridized carbons (Fsp3) is 0.417. The summed E-state index contributed by atoms with van der Waals surface area (Å²) in [4.78, 5) is 21.8. The number of ether oxygens (including phenoxy) is 2. The Kier molecular flexibility index (Phi) is 8.26. The van der Waals surface area contributed by atoms with E-state index >= 15 is 0 Å². The molecule has 0 saturated carbocycles. The maximum Gasteiger partial charge on any atom is 0.338 e. The number of hydrogen-bond donors (Lipinski definition) is 1. The van der Waals surface area contributed by atoms with E-state index in [1.807, 2.05) is 0 Å². The highest BCUT2D eigenvalue weighted by Gasteiger charge is 2.19. The molecule has 0 amide bonds. The molecule has 2 N–H and O–H groups in total. The molecule has 1 aromatic carbocycles. The number of halogens is 1. The first-order valence-corrected chi connectivity index (χ1v) is 5.88. The molecule has 20 heavy (non-hydrogen) atoms. The number of benzene rings is 1. The standard InChI is InChI=1S/C12H16N2O5.ClH/c1-2-18-12(15)9-4-5-11(19-7-3-6-13)10(8-9)14(16)17;/h4-5,8H,2-3,6-7,13H2,1H3;1H. The Hall–Kier alpha value is -1.86. The maximum atomic E-state index is 11.5. The van der Waals surface area contributed by atoms with Crippen molar-refractivity contribution in [3.8, 4) is 5.75 Å². The summed E-state index contributed by atoms with van der Waals surface area (Å²) in [5.74, 6) is -0.481. The van der Waals surface area contributed by atoms with Gasteiger partial charge in [-0.15, -0.1) is 12.4 Å². The fourth-order valence-corrected chi connectivity index (χ4v) is 1.39. The van der Waals surface area contributed by atoms with E-state index in [9.17, 15) is 14.9 Å². The van der Waals surface area contributed by atoms with Gasteiger partial charge < -0.3 is 15.2 Å². The molecular formula is C12H17ClN2O5. The van der Waals surface area contributed by atoms with E-state index < -0.39 is 10.9 Å². The lowest BCUT2D eigenvalue weighted by molar-refractivity contribution is -0.385. The molecule has 0 aromatic heterocycles. The lowest BCUT2D eigenvalue weighted by Crippen LogP contribution is -2.08. The Morgan fingerprint density at radius 2 is 2.15 bits per heavy atom. The zero-order valence-corrected chi connectivity index (χ0v) is 11.9. The van der Waals surface area contributed by atoms with Gasteiger partial charge in [0.25, 0.3) is 0 Å². The highest BCUT2D eigenvalue weighted by molar-refractivity contribution is 5.90. The number of rotatable bonds is 7. The third kappa shape index (κ3) is 5.02. The molecule has 0 saturated heterocycles. The predicted molar refractivity (Wildman–Crippen MR) is 75.5 cm³/mol. The van der Waals surface area contributed by atoms with Gasteiger partial charge in [-0.2, -0.15) is 0 Å². The molecule has 0 fully saturated rings. The van der Waals surface area contributed by atoms with Crippen molar-refractivity contribution in [2.24, 2.45) is 5.73 Å². The number of carbonyl (C=O) groups is 1. The van der Waals surface area contributed by atoms with Gasteiger partial charge in [-0.1, -0.05) is 0 Å². The molecule has 0 unspecified atom stereocenters. The average molecular weight is 305 g/mol. The average Bonchev–Trinajstić information content (AvgIpc) is 2.39. The third-order valence-electron chi connectivity index (χ3n) is 2.27. The summed E-state index contributed by atoms with van der Waals surface area (Å²) in [7, 11) is 0. The van der Waals surface area contributed by atoms with Gasteiger partial charge in [0.2, 0.25) is 0 Å². The summed E-state index contributed by atoms with van der Waals surface area (Å²) in [5.41, 5.74) is 5.18. The van der Waals surface area contributed by atoms with Gasteiger partial charge in [-0.3, -0.25) is 10.1 Å². The molecule has 0 aliphatic rings. The molecule has 0 radical (unpaired) electrons. The first-order valence-electron chi connectivity index (χ1n) is 5.88. The summed E-state index contributed by atoms with van der Waals surface area (Å²) in [6, 6.07) is 3.97. The van der Waals surface area contributed by atoms with Crippen molar-refractivity contribution in [1.29, 1.82) is 0 Å². The normalized spacial score (nSPS) is 9.50. The Bertz CT molecular complexity index is 467. The molecule has 0 heterocycles. The van der Waals surface area contributed by atoms with Crippen LogP contribution in [0.25, 0.3) is 0 Å². The van der Waals surface area contributed by atoms with Gasteiger partial charge in [-0.05, 0) is 32.0 Å². The molecule has 0 spiro atoms. The highest BCUT2D eigenvalue weighted by atomic mass is 35.5. The molecule has 1 rings (SSSR count). The van der Waals surface area contributed by atoms with Crippen LogP contribution in [0.15, 0.2) is 18.2 Å². The van der Waals surface area contributed by atoms with Crippen LogP contribution in [-0.4, -0.2) is 30.7 Å². The van der Waals surface area contributed by atoms with Crippen LogP contribution in [-0.2, 0) is 4.74 Å². The molecule has 8 heteroatoms. The number of nitrogens with zero attached hydrogens (tertiary/aromatic N) is 1. The van der Waals surface area contributed by atoms with E-state index in [1.165, 1.54) is 12.1 Å². The van der Waals surface area contributed by atoms with Gasteiger partial charge in [-0.25, -0.2) is 4.79 Å². The number of nitro groups is 1. The smallest absolute Gasteiger partial charge is 0.338 e. The topological polar surface area (TPSA) is 105 Å². The Morgan fingerprint density at radius 3 is 2.70 bits per heavy atom. The zero-order chi connectivity index (χ0) is 14.3. The van der Waals surface area contributed by atoms with Crippen molar-refractivity contribution in [2.75, 3.05) is 19.8 Å². The van der Waals surface area contributed by atoms with Crippen LogP contribution in [0.3, 0.4) is 0 Å². The first-order chi connectivity index (χ1) is 9.10. The van der Waals surface area contributed by atoms with Gasteiger partial charge in [0.15, 0.2) is 5.75 Å². The zero-order valence-electron chi connectivity index (χ0n) is 11.0. The second-order valence-electron chi connectivity index (χ2n) is 3.65. The summed E-state index contributed by atoms with van der Waals surface area (Å²) in [6.07, 6.45) is 0.594. The summed E-state index contributed by atoms with van der Waals surface area (Å²) < 4.78 is 10.0. The van der Waals surface area contributed by atoms with Crippen molar-refractivity contribution in [3.63, 3.8) is 0 Å². The highest BCUT2D eigenvalue weighted by Crippen LogP contribution is 2.28. The fourth-order valence-electron chi connectivity index (χ4n) is 1.39. The van der Waals surface area contributed by atoms with E-state index in [1.54, 1.807) is 6.92 Å². The Balaban J connectivity index is 0.00000361. The second kappa shape index (κ2) is 9.11. The van der Waals surface area contributed by atoms with Crippen LogP contribution in [0.5, 0.6) is 5.75 Å². The van der Waals surface area contributed by atoms with Crippen molar-refractivity contribution in [3.05, 3.63) is 33.9 Å². The number of nitro benzene ring substituents is 1. The van der Waals surface area contributed by atoms with Gasteiger partial charge >= 0.3 is 11.7 Å². The number of hydrogen-bond acceptors (Lipinski definition) is 6. The minimum Gasteiger partial charge on any atom is -0.487 e. The minimum atomic E-state index is -0.598. The molecule has 0 aliphatic carbocycles. The molecule has 0 aliphatic heterocycles. The van der Waals surface area contributed by atoms with E-state index in [0.29, 0.717) is 13.0 Å². The number of nitrogens with two attached hydrogens (primary N) is 1. The van der Waals surface area contributed by atoms with Gasteiger partial charge in [0.05, 0.1) is 23.7 Å². The van der Waals surface area contributed by atoms with Crippen molar-refractivity contribution >= 4 is 24.1 Å². The Morgan fingerprint density at radius 1 is 1.45 bits per heavy atom. The summed E-state index contributed by atoms with van der Waals surface area (Å²) in [6.45, 7) is 2.60. The van der Waals surface area contributed by atoms with Crippen LogP contribution in [0.2, 0.25) is 0 Å². The lowest BCUT2D eigenvalue weighted by atomic mass is 10.2. The molecule has 112 valence electrons. The van der Waals surface area contributed by atoms with Crippen LogP contribution < -0.4 is 10.5 Å². The lowest BCUT2D eigenvalue weighted by Gasteiger charge is -2.07. The quantitative estimate of drug-likeness (QED) is 0.357. The SMILES string of the molecule is CCOC(=O)c1ccc(OCCCN)c([N+](=O)[O-])c1.Cl. The second-order valence-corrected chi connectivity index (χ2v) is 3.65. The summed E-state index contributed by atoms with van der Waals surface area (Å²) >= 11 is 0. The molecule has 0 bridgehead atoms. The van der Waals surface area contributed by atoms with Gasteiger partial charge in [0, 0.05) is 6.07 Å². The number of esters is 1. The third-order valence-corrected chi connectivity index (χ3v) is 2.27. The minimum absolute atomic E-state index is 0. The van der Waals surface area contributed by atoms with Crippen LogP contribution in [0.4, 0.5) is 5.69 Å². The Labute approximate surface area is 122 Å². The van der Waals surface area contributed by atoms with Crippen LogP contribution >= 0.6 is 12.4 Å². The number of carbonyl (C=O) groups excluding carboxylic acids is 1. The van der Waals surface area contributed by atoms with Crippen molar-refractivity contribution < 1.29 is 19.2 Å². The van der Waals surface area contributed by atoms with E-state index in [4.69, 9.17) is 15.2 Å². The molecule has 7 nitrogen and oxygen atoms in total. The first kappa shape index (κ1) is 18.1. The van der Waals surface area contributed by atoms with Gasteiger partial charge in [0.1, 0.15) is 0 Å². The van der Waals surface area contributed by atoms with E-state index in [-0.39, 0.29) is 42.6 Å².